The molecule has 5 heteroatoms. The summed E-state index contributed by atoms with van der Waals surface area (Å²) in [6.45, 7) is 0. The third kappa shape index (κ3) is 4.41. The Labute approximate surface area is 315 Å². The number of benzene rings is 8. The Hall–Kier alpha value is -7.50. The lowest BCUT2D eigenvalue weighted by molar-refractivity contribution is 0.673. The second-order valence-electron chi connectivity index (χ2n) is 14.2. The van der Waals surface area contributed by atoms with Gasteiger partial charge in [-0.25, -0.2) is 9.97 Å². The summed E-state index contributed by atoms with van der Waals surface area (Å²) in [5.74, 6) is 0.706. The summed E-state index contributed by atoms with van der Waals surface area (Å²) in [6.07, 6.45) is 0. The normalized spacial score (nSPS) is 12.0. The van der Waals surface area contributed by atoms with Gasteiger partial charge in [0, 0.05) is 54.8 Å². The van der Waals surface area contributed by atoms with E-state index < -0.39 is 0 Å². The van der Waals surface area contributed by atoms with Crippen LogP contribution in [0.5, 0.6) is 0 Å². The molecule has 0 saturated heterocycles. The molecule has 8 aromatic carbocycles. The van der Waals surface area contributed by atoms with E-state index in [-0.39, 0.29) is 0 Å². The van der Waals surface area contributed by atoms with Crippen molar-refractivity contribution in [1.29, 1.82) is 0 Å². The van der Waals surface area contributed by atoms with Crippen LogP contribution in [-0.2, 0) is 0 Å². The monoisotopic (exact) mass is 702 g/mol. The summed E-state index contributed by atoms with van der Waals surface area (Å²) in [6, 6.07) is 64.1. The molecule has 0 aliphatic carbocycles. The average Bonchev–Trinajstić information content (AvgIpc) is 3.90. The van der Waals surface area contributed by atoms with Gasteiger partial charge in [-0.3, -0.25) is 0 Å². The number of hydrogen-bond donors (Lipinski definition) is 0. The highest BCUT2D eigenvalue weighted by Crippen LogP contribution is 2.44. The Morgan fingerprint density at radius 1 is 0.382 bits per heavy atom. The second kappa shape index (κ2) is 11.5. The average molecular weight is 703 g/mol. The molecule has 0 bridgehead atoms. The molecule has 4 aromatic heterocycles. The highest BCUT2D eigenvalue weighted by Gasteiger charge is 2.22. The van der Waals surface area contributed by atoms with E-state index in [1.807, 2.05) is 24.3 Å². The molecule has 0 amide bonds. The van der Waals surface area contributed by atoms with Crippen molar-refractivity contribution < 1.29 is 4.42 Å². The first-order valence-electron chi connectivity index (χ1n) is 18.6. The fraction of sp³-hybridized carbons (Fsp3) is 0. The van der Waals surface area contributed by atoms with Crippen LogP contribution in [0.1, 0.15) is 0 Å². The summed E-state index contributed by atoms with van der Waals surface area (Å²) < 4.78 is 11.4. The van der Waals surface area contributed by atoms with Gasteiger partial charge in [0.05, 0.1) is 38.7 Å². The summed E-state index contributed by atoms with van der Waals surface area (Å²) in [5, 5.41) is 7.98. The first-order chi connectivity index (χ1) is 27.3. The zero-order valence-corrected chi connectivity index (χ0v) is 29.5. The molecule has 0 aliphatic rings. The van der Waals surface area contributed by atoms with Crippen molar-refractivity contribution in [1.82, 2.24) is 19.1 Å². The Kier molecular flexibility index (Phi) is 6.27. The molecule has 0 aliphatic heterocycles. The van der Waals surface area contributed by atoms with Crippen LogP contribution < -0.4 is 0 Å². The van der Waals surface area contributed by atoms with Gasteiger partial charge in [-0.2, -0.15) is 0 Å². The van der Waals surface area contributed by atoms with Gasteiger partial charge in [-0.15, -0.1) is 0 Å². The molecule has 0 unspecified atom stereocenters. The van der Waals surface area contributed by atoms with Crippen LogP contribution in [0.3, 0.4) is 0 Å². The van der Waals surface area contributed by atoms with Crippen molar-refractivity contribution in [2.24, 2.45) is 0 Å². The quantitative estimate of drug-likeness (QED) is 0.183. The maximum absolute atomic E-state index is 6.67. The van der Waals surface area contributed by atoms with E-state index in [4.69, 9.17) is 14.4 Å². The summed E-state index contributed by atoms with van der Waals surface area (Å²) in [4.78, 5) is 10.2. The molecular weight excluding hydrogens is 673 g/mol. The number of hydrogen-bond acceptors (Lipinski definition) is 3. The van der Waals surface area contributed by atoms with Crippen LogP contribution in [0.2, 0.25) is 0 Å². The van der Waals surface area contributed by atoms with Crippen LogP contribution in [0.15, 0.2) is 186 Å². The SMILES string of the molecule is c1ccc(-c2nc(-c3ccc(-n4c5ccccc5c5cc6c7c8oc9ccccc9c8ccc7n(-c7ccccc7)c6cc54)cc3)nc3ccccc23)cc1. The molecule has 12 aromatic rings. The Morgan fingerprint density at radius 2 is 1.04 bits per heavy atom. The van der Waals surface area contributed by atoms with E-state index in [9.17, 15) is 0 Å². The molecule has 12 rings (SSSR count). The Bertz CT molecular complexity index is 3470. The van der Waals surface area contributed by atoms with Crippen LogP contribution in [0, 0.1) is 0 Å². The fourth-order valence-electron chi connectivity index (χ4n) is 8.66. The molecule has 0 N–H and O–H groups in total. The van der Waals surface area contributed by atoms with E-state index in [2.05, 4.69) is 167 Å². The second-order valence-corrected chi connectivity index (χ2v) is 14.2. The van der Waals surface area contributed by atoms with Crippen LogP contribution >= 0.6 is 0 Å². The number of furan rings is 1. The third-order valence-electron chi connectivity index (χ3n) is 11.1. The standard InChI is InChI=1S/C50H30N4O/c1-3-13-31(14-4-1)48-38-19-7-10-20-41(38)51-50(52-48)32-23-25-34(26-24-32)53-42-21-11-8-17-35(42)39-29-40-45(30-44(39)53)54(33-15-5-2-6-16-33)43-28-27-37-36-18-9-12-22-46(36)55-49(37)47(40)43/h1-30H. The lowest BCUT2D eigenvalue weighted by atomic mass is 10.1. The number of para-hydroxylation sites is 4. The molecule has 4 heterocycles. The summed E-state index contributed by atoms with van der Waals surface area (Å²) in [5.41, 5.74) is 12.4. The van der Waals surface area contributed by atoms with Crippen molar-refractivity contribution >= 4 is 76.5 Å². The van der Waals surface area contributed by atoms with Gasteiger partial charge in [0.1, 0.15) is 11.2 Å². The van der Waals surface area contributed by atoms with Gasteiger partial charge >= 0.3 is 0 Å². The van der Waals surface area contributed by atoms with Gasteiger partial charge < -0.3 is 13.6 Å². The van der Waals surface area contributed by atoms with Gasteiger partial charge in [0.2, 0.25) is 0 Å². The molecule has 0 saturated carbocycles. The smallest absolute Gasteiger partial charge is 0.160 e. The number of rotatable bonds is 4. The maximum Gasteiger partial charge on any atom is 0.160 e. The lowest BCUT2D eigenvalue weighted by Gasteiger charge is -2.12. The summed E-state index contributed by atoms with van der Waals surface area (Å²) >= 11 is 0. The van der Waals surface area contributed by atoms with Crippen molar-refractivity contribution in [2.45, 2.75) is 0 Å². The lowest BCUT2D eigenvalue weighted by Crippen LogP contribution is -1.97. The zero-order chi connectivity index (χ0) is 36.0. The maximum atomic E-state index is 6.67. The molecule has 256 valence electrons. The van der Waals surface area contributed by atoms with Crippen LogP contribution in [-0.4, -0.2) is 19.1 Å². The predicted octanol–water partition coefficient (Wildman–Crippen LogP) is 13.1. The van der Waals surface area contributed by atoms with Crippen LogP contribution in [0.4, 0.5) is 0 Å². The van der Waals surface area contributed by atoms with E-state index in [0.717, 1.165) is 93.9 Å². The third-order valence-corrected chi connectivity index (χ3v) is 11.1. The first kappa shape index (κ1) is 30.0. The highest BCUT2D eigenvalue weighted by atomic mass is 16.3. The van der Waals surface area contributed by atoms with Gasteiger partial charge in [0.25, 0.3) is 0 Å². The molecule has 0 atom stereocenters. The molecular formula is C50H30N4O. The highest BCUT2D eigenvalue weighted by molar-refractivity contribution is 6.26. The number of fused-ring (bicyclic) bond motifs is 11. The van der Waals surface area contributed by atoms with Gasteiger partial charge in [0.15, 0.2) is 5.82 Å². The van der Waals surface area contributed by atoms with Crippen molar-refractivity contribution in [2.75, 3.05) is 0 Å². The minimum atomic E-state index is 0.706. The van der Waals surface area contributed by atoms with E-state index in [1.165, 1.54) is 10.8 Å². The number of nitrogens with zero attached hydrogens (tertiary/aromatic N) is 4. The zero-order valence-electron chi connectivity index (χ0n) is 29.5. The fourth-order valence-corrected chi connectivity index (χ4v) is 8.66. The summed E-state index contributed by atoms with van der Waals surface area (Å²) in [7, 11) is 0. The van der Waals surface area contributed by atoms with Crippen molar-refractivity contribution in [3.05, 3.63) is 182 Å². The van der Waals surface area contributed by atoms with Crippen molar-refractivity contribution in [3.8, 4) is 34.0 Å². The van der Waals surface area contributed by atoms with E-state index in [1.54, 1.807) is 0 Å². The Balaban J connectivity index is 1.10. The molecule has 0 spiro atoms. The Morgan fingerprint density at radius 3 is 1.87 bits per heavy atom. The first-order valence-corrected chi connectivity index (χ1v) is 18.6. The predicted molar refractivity (Wildman–Crippen MR) is 226 cm³/mol. The van der Waals surface area contributed by atoms with E-state index >= 15 is 0 Å². The van der Waals surface area contributed by atoms with Gasteiger partial charge in [-0.1, -0.05) is 103 Å². The number of aromatic nitrogens is 4. The molecule has 5 nitrogen and oxygen atoms in total. The minimum Gasteiger partial charge on any atom is -0.455 e. The topological polar surface area (TPSA) is 48.8 Å². The minimum absolute atomic E-state index is 0.706. The molecule has 0 radical (unpaired) electrons. The van der Waals surface area contributed by atoms with Gasteiger partial charge in [-0.05, 0) is 78.9 Å². The van der Waals surface area contributed by atoms with Crippen LogP contribution in [0.25, 0.3) is 110 Å². The molecule has 0 fully saturated rings. The van der Waals surface area contributed by atoms with E-state index in [0.29, 0.717) is 5.82 Å². The molecule has 55 heavy (non-hydrogen) atoms. The van der Waals surface area contributed by atoms with Crippen molar-refractivity contribution in [3.63, 3.8) is 0 Å². The largest absolute Gasteiger partial charge is 0.455 e.